The quantitative estimate of drug-likeness (QED) is 0.576. The zero-order valence-corrected chi connectivity index (χ0v) is 14.0. The number of H-pyrrole nitrogens is 1. The molecule has 128 valence electrons. The lowest BCUT2D eigenvalue weighted by atomic mass is 10.0. The summed E-state index contributed by atoms with van der Waals surface area (Å²) in [5, 5.41) is 28.7. The van der Waals surface area contributed by atoms with E-state index in [1.165, 1.54) is 0 Å². The summed E-state index contributed by atoms with van der Waals surface area (Å²) in [5.41, 5.74) is 2.92. The van der Waals surface area contributed by atoms with Gasteiger partial charge < -0.3 is 14.7 Å². The Hall–Kier alpha value is -4.29. The summed E-state index contributed by atoms with van der Waals surface area (Å²) in [6.45, 7) is 0. The highest BCUT2D eigenvalue weighted by molar-refractivity contribution is 5.86. The number of hydrogen-bond donors (Lipinski definition) is 2. The van der Waals surface area contributed by atoms with Gasteiger partial charge in [-0.3, -0.25) is 4.79 Å². The molecule has 0 saturated carbocycles. The minimum absolute atomic E-state index is 0.318. The lowest BCUT2D eigenvalue weighted by Crippen LogP contribution is -2.10. The van der Waals surface area contributed by atoms with Gasteiger partial charge in [0.2, 0.25) is 0 Å². The number of pyridine rings is 1. The van der Waals surface area contributed by atoms with Crippen LogP contribution in [0.25, 0.3) is 27.8 Å². The standard InChI is InChI=1S/C21H12N4O2/c22-11-14-3-1-2-4-16(14)13-5-7-15(8-6-13)25-10-9-18-19(25)20(26)17(12-23)21(27)24-18/h1-10H,(H2,24,26,27). The maximum atomic E-state index is 11.8. The Morgan fingerprint density at radius 3 is 2.41 bits per heavy atom. The van der Waals surface area contributed by atoms with Gasteiger partial charge in [0, 0.05) is 11.9 Å². The van der Waals surface area contributed by atoms with Crippen molar-refractivity contribution >= 4 is 11.0 Å². The summed E-state index contributed by atoms with van der Waals surface area (Å²) in [7, 11) is 0. The number of nitrogens with zero attached hydrogens (tertiary/aromatic N) is 3. The first-order chi connectivity index (χ1) is 13.1. The van der Waals surface area contributed by atoms with Gasteiger partial charge in [-0.15, -0.1) is 0 Å². The number of aromatic nitrogens is 2. The van der Waals surface area contributed by atoms with E-state index in [0.717, 1.165) is 16.8 Å². The van der Waals surface area contributed by atoms with E-state index < -0.39 is 5.56 Å². The van der Waals surface area contributed by atoms with E-state index >= 15 is 0 Å². The minimum atomic E-state index is -0.622. The predicted molar refractivity (Wildman–Crippen MR) is 100 cm³/mol. The van der Waals surface area contributed by atoms with Gasteiger partial charge in [-0.05, 0) is 35.4 Å². The Morgan fingerprint density at radius 2 is 1.70 bits per heavy atom. The number of benzene rings is 2. The first kappa shape index (κ1) is 16.2. The van der Waals surface area contributed by atoms with E-state index in [4.69, 9.17) is 5.26 Å². The highest BCUT2D eigenvalue weighted by Gasteiger charge is 2.16. The average molecular weight is 352 g/mol. The second-order valence-corrected chi connectivity index (χ2v) is 5.94. The molecule has 0 radical (unpaired) electrons. The first-order valence-corrected chi connectivity index (χ1v) is 8.10. The second kappa shape index (κ2) is 6.21. The van der Waals surface area contributed by atoms with Gasteiger partial charge in [-0.1, -0.05) is 30.3 Å². The number of fused-ring (bicyclic) bond motifs is 1. The van der Waals surface area contributed by atoms with Crippen molar-refractivity contribution < 1.29 is 5.11 Å². The van der Waals surface area contributed by atoms with Crippen LogP contribution in [0.3, 0.4) is 0 Å². The lowest BCUT2D eigenvalue weighted by Gasteiger charge is -2.09. The zero-order valence-electron chi connectivity index (χ0n) is 14.0. The summed E-state index contributed by atoms with van der Waals surface area (Å²) in [6.07, 6.45) is 1.71. The third kappa shape index (κ3) is 2.53. The van der Waals surface area contributed by atoms with Gasteiger partial charge in [-0.25, -0.2) is 0 Å². The van der Waals surface area contributed by atoms with E-state index in [-0.39, 0.29) is 11.3 Å². The molecular weight excluding hydrogens is 340 g/mol. The number of aromatic amines is 1. The molecular formula is C21H12N4O2. The monoisotopic (exact) mass is 352 g/mol. The molecule has 0 unspecified atom stereocenters. The molecule has 0 amide bonds. The summed E-state index contributed by atoms with van der Waals surface area (Å²) >= 11 is 0. The Labute approximate surface area is 153 Å². The van der Waals surface area contributed by atoms with Crippen molar-refractivity contribution in [2.45, 2.75) is 0 Å². The molecule has 6 nitrogen and oxygen atoms in total. The molecule has 0 aliphatic heterocycles. The molecule has 27 heavy (non-hydrogen) atoms. The van der Waals surface area contributed by atoms with Crippen molar-refractivity contribution in [3.05, 3.63) is 82.3 Å². The Kier molecular flexibility index (Phi) is 3.73. The van der Waals surface area contributed by atoms with Crippen LogP contribution in [0.1, 0.15) is 11.1 Å². The van der Waals surface area contributed by atoms with Gasteiger partial charge in [0.15, 0.2) is 11.3 Å². The van der Waals surface area contributed by atoms with Gasteiger partial charge in [0.05, 0.1) is 17.1 Å². The normalized spacial score (nSPS) is 10.4. The molecule has 0 spiro atoms. The van der Waals surface area contributed by atoms with Crippen LogP contribution in [0.5, 0.6) is 5.75 Å². The number of rotatable bonds is 2. The largest absolute Gasteiger partial charge is 0.504 e. The third-order valence-electron chi connectivity index (χ3n) is 4.44. The van der Waals surface area contributed by atoms with Crippen LogP contribution in [-0.4, -0.2) is 14.7 Å². The van der Waals surface area contributed by atoms with Crippen molar-refractivity contribution in [1.82, 2.24) is 9.55 Å². The van der Waals surface area contributed by atoms with Crippen molar-refractivity contribution in [2.24, 2.45) is 0 Å². The second-order valence-electron chi connectivity index (χ2n) is 5.94. The van der Waals surface area contributed by atoms with Crippen LogP contribution >= 0.6 is 0 Å². The molecule has 6 heteroatoms. The van der Waals surface area contributed by atoms with Crippen molar-refractivity contribution in [2.75, 3.05) is 0 Å². The number of nitriles is 2. The molecule has 2 aromatic heterocycles. The van der Waals surface area contributed by atoms with Gasteiger partial charge in [0.1, 0.15) is 11.6 Å². The molecule has 4 rings (SSSR count). The molecule has 0 aliphatic carbocycles. The highest BCUT2D eigenvalue weighted by Crippen LogP contribution is 2.30. The molecule has 0 saturated heterocycles. The van der Waals surface area contributed by atoms with E-state index in [1.54, 1.807) is 29.0 Å². The van der Waals surface area contributed by atoms with E-state index in [2.05, 4.69) is 11.1 Å². The molecule has 4 aromatic rings. The summed E-state index contributed by atoms with van der Waals surface area (Å²) < 4.78 is 1.70. The summed E-state index contributed by atoms with van der Waals surface area (Å²) in [5.74, 6) is -0.347. The van der Waals surface area contributed by atoms with Crippen LogP contribution in [-0.2, 0) is 0 Å². The average Bonchev–Trinajstić information content (AvgIpc) is 3.12. The molecule has 0 fully saturated rings. The third-order valence-corrected chi connectivity index (χ3v) is 4.44. The Bertz CT molecular complexity index is 1320. The number of nitrogens with one attached hydrogen (secondary N) is 1. The SMILES string of the molecule is N#Cc1ccccc1-c1ccc(-n2ccc3[nH]c(=O)c(C#N)c(O)c32)cc1. The lowest BCUT2D eigenvalue weighted by molar-refractivity contribution is 0.476. The molecule has 0 aliphatic rings. The zero-order chi connectivity index (χ0) is 19.0. The summed E-state index contributed by atoms with van der Waals surface area (Å²) in [4.78, 5) is 14.4. The van der Waals surface area contributed by atoms with E-state index in [9.17, 15) is 15.2 Å². The Balaban J connectivity index is 1.85. The van der Waals surface area contributed by atoms with Gasteiger partial charge in [0.25, 0.3) is 5.56 Å². The summed E-state index contributed by atoms with van der Waals surface area (Å²) in [6, 6.07) is 20.4. The van der Waals surface area contributed by atoms with E-state index in [0.29, 0.717) is 16.6 Å². The fraction of sp³-hybridized carbons (Fsp3) is 0. The van der Waals surface area contributed by atoms with Crippen LogP contribution in [0, 0.1) is 22.7 Å². The minimum Gasteiger partial charge on any atom is -0.504 e. The maximum absolute atomic E-state index is 11.8. The fourth-order valence-corrected chi connectivity index (χ4v) is 3.14. The van der Waals surface area contributed by atoms with Crippen molar-refractivity contribution in [3.63, 3.8) is 0 Å². The van der Waals surface area contributed by atoms with E-state index in [1.807, 2.05) is 42.5 Å². The van der Waals surface area contributed by atoms with Crippen LogP contribution in [0.2, 0.25) is 0 Å². The molecule has 2 N–H and O–H groups in total. The first-order valence-electron chi connectivity index (χ1n) is 8.10. The molecule has 0 bridgehead atoms. The Morgan fingerprint density at radius 1 is 0.963 bits per heavy atom. The maximum Gasteiger partial charge on any atom is 0.270 e. The molecule has 2 heterocycles. The number of aromatic hydroxyl groups is 1. The topological polar surface area (TPSA) is 106 Å². The van der Waals surface area contributed by atoms with Crippen molar-refractivity contribution in [1.29, 1.82) is 10.5 Å². The molecule has 2 aromatic carbocycles. The number of hydrogen-bond acceptors (Lipinski definition) is 4. The van der Waals surface area contributed by atoms with Gasteiger partial charge >= 0.3 is 0 Å². The smallest absolute Gasteiger partial charge is 0.270 e. The van der Waals surface area contributed by atoms with Crippen molar-refractivity contribution in [3.8, 4) is 34.7 Å². The predicted octanol–water partition coefficient (Wildman–Crippen LogP) is 3.43. The van der Waals surface area contributed by atoms with Gasteiger partial charge in [-0.2, -0.15) is 10.5 Å². The van der Waals surface area contributed by atoms with Crippen LogP contribution in [0.15, 0.2) is 65.6 Å². The van der Waals surface area contributed by atoms with Crippen LogP contribution in [0.4, 0.5) is 0 Å². The fourth-order valence-electron chi connectivity index (χ4n) is 3.14. The molecule has 0 atom stereocenters. The highest BCUT2D eigenvalue weighted by atomic mass is 16.3. The van der Waals surface area contributed by atoms with Crippen LogP contribution < -0.4 is 5.56 Å².